The van der Waals surface area contributed by atoms with Crippen LogP contribution >= 0.6 is 35.4 Å². The van der Waals surface area contributed by atoms with Gasteiger partial charge in [0.1, 0.15) is 0 Å². The lowest BCUT2D eigenvalue weighted by molar-refractivity contribution is -0.384. The number of nitro benzene ring substituents is 1. The number of nitrogens with one attached hydrogen (secondary N) is 2. The summed E-state index contributed by atoms with van der Waals surface area (Å²) < 4.78 is 0. The standard InChI is InChI=1S/C16H11Cl2N3O3S/c17-11-7-12(18)9-13(8-11)19-16(25)20-15(22)6-3-10-1-4-14(5-2-10)21(23)24/h1-9H,(H2,19,20,22,25)/b6-3+. The number of carbonyl (C=O) groups is 1. The third kappa shape index (κ3) is 6.15. The van der Waals surface area contributed by atoms with Crippen LogP contribution in [0.3, 0.4) is 0 Å². The van der Waals surface area contributed by atoms with Crippen LogP contribution in [0.15, 0.2) is 48.5 Å². The predicted octanol–water partition coefficient (Wildman–Crippen LogP) is 4.43. The highest BCUT2D eigenvalue weighted by atomic mass is 35.5. The Morgan fingerprint density at radius 3 is 2.28 bits per heavy atom. The van der Waals surface area contributed by atoms with E-state index in [1.807, 2.05) is 0 Å². The van der Waals surface area contributed by atoms with Crippen LogP contribution in [-0.2, 0) is 4.79 Å². The molecule has 0 unspecified atom stereocenters. The zero-order valence-corrected chi connectivity index (χ0v) is 14.9. The lowest BCUT2D eigenvalue weighted by atomic mass is 10.2. The van der Waals surface area contributed by atoms with E-state index in [1.165, 1.54) is 36.4 Å². The van der Waals surface area contributed by atoms with Crippen LogP contribution in [0.5, 0.6) is 0 Å². The van der Waals surface area contributed by atoms with E-state index in [0.29, 0.717) is 21.3 Å². The second-order valence-corrected chi connectivity index (χ2v) is 6.06. The first-order chi connectivity index (χ1) is 11.8. The van der Waals surface area contributed by atoms with E-state index in [9.17, 15) is 14.9 Å². The molecule has 9 heteroatoms. The molecule has 128 valence electrons. The average Bonchev–Trinajstić information content (AvgIpc) is 2.52. The highest BCUT2D eigenvalue weighted by molar-refractivity contribution is 7.80. The average molecular weight is 396 g/mol. The Kier molecular flexibility index (Phi) is 6.46. The summed E-state index contributed by atoms with van der Waals surface area (Å²) in [5.74, 6) is -0.455. The molecule has 2 aromatic carbocycles. The molecule has 0 spiro atoms. The van der Waals surface area contributed by atoms with Crippen molar-refractivity contribution in [1.82, 2.24) is 5.32 Å². The van der Waals surface area contributed by atoms with Gasteiger partial charge < -0.3 is 5.32 Å². The molecule has 0 aliphatic carbocycles. The quantitative estimate of drug-likeness (QED) is 0.346. The lowest BCUT2D eigenvalue weighted by Gasteiger charge is -2.08. The largest absolute Gasteiger partial charge is 0.332 e. The molecule has 2 N–H and O–H groups in total. The molecule has 0 aliphatic heterocycles. The van der Waals surface area contributed by atoms with Gasteiger partial charge in [-0.1, -0.05) is 23.2 Å². The van der Waals surface area contributed by atoms with Gasteiger partial charge in [0, 0.05) is 33.9 Å². The summed E-state index contributed by atoms with van der Waals surface area (Å²) in [4.78, 5) is 21.9. The SMILES string of the molecule is O=C(/C=C/c1ccc([N+](=O)[O-])cc1)NC(=S)Nc1cc(Cl)cc(Cl)c1. The van der Waals surface area contributed by atoms with Crippen LogP contribution in [0.1, 0.15) is 5.56 Å². The van der Waals surface area contributed by atoms with E-state index in [2.05, 4.69) is 10.6 Å². The van der Waals surface area contributed by atoms with E-state index in [1.54, 1.807) is 18.2 Å². The minimum absolute atomic E-state index is 0.0211. The van der Waals surface area contributed by atoms with Crippen molar-refractivity contribution in [2.24, 2.45) is 0 Å². The first-order valence-electron chi connectivity index (χ1n) is 6.84. The van der Waals surface area contributed by atoms with E-state index >= 15 is 0 Å². The molecular formula is C16H11Cl2N3O3S. The Morgan fingerprint density at radius 2 is 1.72 bits per heavy atom. The van der Waals surface area contributed by atoms with Crippen LogP contribution in [0.4, 0.5) is 11.4 Å². The molecule has 0 heterocycles. The topological polar surface area (TPSA) is 84.3 Å². The minimum atomic E-state index is -0.494. The smallest absolute Gasteiger partial charge is 0.269 e. The number of thiocarbonyl (C=S) groups is 1. The Balaban J connectivity index is 1.92. The van der Waals surface area contributed by atoms with Gasteiger partial charge in [0.2, 0.25) is 5.91 Å². The molecule has 0 fully saturated rings. The minimum Gasteiger partial charge on any atom is -0.332 e. The number of hydrogen-bond acceptors (Lipinski definition) is 4. The van der Waals surface area contributed by atoms with Crippen LogP contribution in [0.25, 0.3) is 6.08 Å². The molecule has 0 bridgehead atoms. The summed E-state index contributed by atoms with van der Waals surface area (Å²) in [6.07, 6.45) is 2.78. The van der Waals surface area contributed by atoms with Gasteiger partial charge in [0.05, 0.1) is 4.92 Å². The van der Waals surface area contributed by atoms with Gasteiger partial charge in [-0.05, 0) is 54.2 Å². The molecule has 2 aromatic rings. The normalized spacial score (nSPS) is 10.5. The van der Waals surface area contributed by atoms with Crippen molar-refractivity contribution >= 4 is 63.9 Å². The second kappa shape index (κ2) is 8.57. The highest BCUT2D eigenvalue weighted by Crippen LogP contribution is 2.22. The Bertz CT molecular complexity index is 834. The molecule has 6 nitrogen and oxygen atoms in total. The predicted molar refractivity (Wildman–Crippen MR) is 103 cm³/mol. The van der Waals surface area contributed by atoms with Crippen LogP contribution < -0.4 is 10.6 Å². The fourth-order valence-electron chi connectivity index (χ4n) is 1.82. The highest BCUT2D eigenvalue weighted by Gasteiger charge is 2.05. The van der Waals surface area contributed by atoms with Gasteiger partial charge in [-0.25, -0.2) is 0 Å². The van der Waals surface area contributed by atoms with Crippen molar-refractivity contribution in [1.29, 1.82) is 0 Å². The number of nitro groups is 1. The molecule has 0 aliphatic rings. The molecule has 0 atom stereocenters. The zero-order chi connectivity index (χ0) is 18.4. The van der Waals surface area contributed by atoms with E-state index in [0.717, 1.165) is 0 Å². The van der Waals surface area contributed by atoms with E-state index in [4.69, 9.17) is 35.4 Å². The first-order valence-corrected chi connectivity index (χ1v) is 8.00. The van der Waals surface area contributed by atoms with Crippen LogP contribution in [-0.4, -0.2) is 15.9 Å². The molecule has 2 rings (SSSR count). The number of halogens is 2. The van der Waals surface area contributed by atoms with Gasteiger partial charge in [-0.15, -0.1) is 0 Å². The molecule has 0 saturated carbocycles. The summed E-state index contributed by atoms with van der Waals surface area (Å²) >= 11 is 16.8. The summed E-state index contributed by atoms with van der Waals surface area (Å²) in [6, 6.07) is 10.6. The number of nitrogens with zero attached hydrogens (tertiary/aromatic N) is 1. The summed E-state index contributed by atoms with van der Waals surface area (Å²) in [5.41, 5.74) is 1.16. The summed E-state index contributed by atoms with van der Waals surface area (Å²) in [6.45, 7) is 0. The lowest BCUT2D eigenvalue weighted by Crippen LogP contribution is -2.32. The number of carbonyl (C=O) groups excluding carboxylic acids is 1. The number of rotatable bonds is 4. The zero-order valence-electron chi connectivity index (χ0n) is 12.5. The Morgan fingerprint density at radius 1 is 1.12 bits per heavy atom. The molecule has 1 amide bonds. The van der Waals surface area contributed by atoms with Gasteiger partial charge >= 0.3 is 0 Å². The third-order valence-electron chi connectivity index (χ3n) is 2.89. The van der Waals surface area contributed by atoms with E-state index < -0.39 is 10.8 Å². The summed E-state index contributed by atoms with van der Waals surface area (Å²) in [5, 5.41) is 16.8. The number of non-ortho nitro benzene ring substituents is 1. The van der Waals surface area contributed by atoms with Crippen molar-refractivity contribution in [2.75, 3.05) is 5.32 Å². The maximum Gasteiger partial charge on any atom is 0.269 e. The van der Waals surface area contributed by atoms with Crippen LogP contribution in [0.2, 0.25) is 10.0 Å². The molecule has 25 heavy (non-hydrogen) atoms. The number of anilines is 1. The van der Waals surface area contributed by atoms with E-state index in [-0.39, 0.29) is 10.8 Å². The van der Waals surface area contributed by atoms with Gasteiger partial charge in [0.15, 0.2) is 5.11 Å². The van der Waals surface area contributed by atoms with Crippen molar-refractivity contribution in [3.05, 3.63) is 74.3 Å². The molecule has 0 saturated heterocycles. The Hall–Kier alpha value is -2.48. The van der Waals surface area contributed by atoms with Crippen molar-refractivity contribution in [3.8, 4) is 0 Å². The second-order valence-electron chi connectivity index (χ2n) is 4.78. The monoisotopic (exact) mass is 395 g/mol. The van der Waals surface area contributed by atoms with Gasteiger partial charge in [0.25, 0.3) is 5.69 Å². The number of amides is 1. The maximum atomic E-state index is 11.8. The molecule has 0 aromatic heterocycles. The maximum absolute atomic E-state index is 11.8. The third-order valence-corrected chi connectivity index (χ3v) is 3.53. The van der Waals surface area contributed by atoms with Crippen molar-refractivity contribution in [2.45, 2.75) is 0 Å². The number of benzene rings is 2. The summed E-state index contributed by atoms with van der Waals surface area (Å²) in [7, 11) is 0. The van der Waals surface area contributed by atoms with Gasteiger partial charge in [-0.2, -0.15) is 0 Å². The van der Waals surface area contributed by atoms with Crippen molar-refractivity contribution in [3.63, 3.8) is 0 Å². The fraction of sp³-hybridized carbons (Fsp3) is 0. The molecule has 0 radical (unpaired) electrons. The van der Waals surface area contributed by atoms with Crippen LogP contribution in [0, 0.1) is 10.1 Å². The van der Waals surface area contributed by atoms with Crippen molar-refractivity contribution < 1.29 is 9.72 Å². The molecular weight excluding hydrogens is 385 g/mol. The van der Waals surface area contributed by atoms with Gasteiger partial charge in [-0.3, -0.25) is 20.2 Å². The Labute approximate surface area is 158 Å². The fourth-order valence-corrected chi connectivity index (χ4v) is 2.57. The number of hydrogen-bond donors (Lipinski definition) is 2. The first kappa shape index (κ1) is 18.9.